The number of aromatic nitrogens is 6. The van der Waals surface area contributed by atoms with Gasteiger partial charge < -0.3 is 14.6 Å². The van der Waals surface area contributed by atoms with Crippen molar-refractivity contribution >= 4 is 22.8 Å². The van der Waals surface area contributed by atoms with Gasteiger partial charge in [-0.25, -0.2) is 24.9 Å². The molecule has 2 atom stereocenters. The van der Waals surface area contributed by atoms with Crippen molar-refractivity contribution in [3.05, 3.63) is 48.3 Å². The highest BCUT2D eigenvalue weighted by atomic mass is 16.5. The molecule has 34 heavy (non-hydrogen) atoms. The van der Waals surface area contributed by atoms with Crippen LogP contribution in [-0.4, -0.2) is 48.1 Å². The van der Waals surface area contributed by atoms with E-state index in [1.807, 2.05) is 30.5 Å². The van der Waals surface area contributed by atoms with E-state index in [1.165, 1.54) is 0 Å². The van der Waals surface area contributed by atoms with E-state index in [0.717, 1.165) is 52.6 Å². The van der Waals surface area contributed by atoms with Gasteiger partial charge >= 0.3 is 0 Å². The zero-order valence-corrected chi connectivity index (χ0v) is 19.4. The maximum Gasteiger partial charge on any atom is 0.234 e. The molecule has 6 rings (SSSR count). The molecule has 5 heterocycles. The van der Waals surface area contributed by atoms with Crippen molar-refractivity contribution in [1.29, 1.82) is 0 Å². The Morgan fingerprint density at radius 1 is 1.18 bits per heavy atom. The number of imidazole rings is 1. The van der Waals surface area contributed by atoms with E-state index >= 15 is 0 Å². The Labute approximate surface area is 196 Å². The molecule has 0 radical (unpaired) electrons. The van der Waals surface area contributed by atoms with Crippen LogP contribution in [0.4, 0.5) is 5.69 Å². The van der Waals surface area contributed by atoms with E-state index in [4.69, 9.17) is 9.72 Å². The summed E-state index contributed by atoms with van der Waals surface area (Å²) >= 11 is 0. The summed E-state index contributed by atoms with van der Waals surface area (Å²) in [4.78, 5) is 35.7. The summed E-state index contributed by atoms with van der Waals surface area (Å²) < 4.78 is 7.69. The standard InChI is InChI=1S/C25H25N7O2/c1-4-32-22(16-11-26-14(2)27-12-16)31-21-20(28-13-29-23(21)32)15-5-6-19-18(9-15)25(3,24(33)30-19)10-17-7-8-34-17/h5-6,9,11-13,17H,4,7-8,10H2,1-3H3,(H,30,33)/t17-,25+/m1/s1. The summed E-state index contributed by atoms with van der Waals surface area (Å²) in [6, 6.07) is 5.99. The second-order valence-corrected chi connectivity index (χ2v) is 9.13. The van der Waals surface area contributed by atoms with Crippen LogP contribution in [0.15, 0.2) is 36.9 Å². The van der Waals surface area contributed by atoms with E-state index in [1.54, 1.807) is 18.7 Å². The van der Waals surface area contributed by atoms with Crippen LogP contribution in [-0.2, 0) is 21.5 Å². The molecule has 1 amide bonds. The maximum atomic E-state index is 12.9. The average Bonchev–Trinajstić information content (AvgIpc) is 3.31. The van der Waals surface area contributed by atoms with Crippen molar-refractivity contribution in [3.8, 4) is 22.6 Å². The van der Waals surface area contributed by atoms with Gasteiger partial charge in [0.2, 0.25) is 5.91 Å². The minimum atomic E-state index is -0.643. The molecule has 172 valence electrons. The van der Waals surface area contributed by atoms with Gasteiger partial charge in [-0.3, -0.25) is 4.79 Å². The molecule has 0 saturated carbocycles. The van der Waals surface area contributed by atoms with Crippen LogP contribution in [0, 0.1) is 6.92 Å². The van der Waals surface area contributed by atoms with Gasteiger partial charge in [0, 0.05) is 36.8 Å². The molecule has 2 aliphatic heterocycles. The molecule has 1 saturated heterocycles. The number of nitrogens with one attached hydrogen (secondary N) is 1. The van der Waals surface area contributed by atoms with Gasteiger partial charge in [-0.05, 0) is 51.3 Å². The normalized spacial score (nSPS) is 21.4. The molecule has 4 aromatic rings. The van der Waals surface area contributed by atoms with Crippen LogP contribution < -0.4 is 5.32 Å². The van der Waals surface area contributed by atoms with E-state index in [0.29, 0.717) is 24.3 Å². The lowest BCUT2D eigenvalue weighted by atomic mass is 9.77. The third-order valence-corrected chi connectivity index (χ3v) is 6.95. The van der Waals surface area contributed by atoms with Crippen molar-refractivity contribution in [3.63, 3.8) is 0 Å². The minimum Gasteiger partial charge on any atom is -0.378 e. The van der Waals surface area contributed by atoms with Crippen molar-refractivity contribution in [2.75, 3.05) is 11.9 Å². The van der Waals surface area contributed by atoms with Crippen molar-refractivity contribution in [2.45, 2.75) is 51.7 Å². The average molecular weight is 456 g/mol. The fourth-order valence-corrected chi connectivity index (χ4v) is 4.92. The zero-order valence-electron chi connectivity index (χ0n) is 19.4. The lowest BCUT2D eigenvalue weighted by molar-refractivity contribution is -0.124. The fourth-order valence-electron chi connectivity index (χ4n) is 4.92. The Morgan fingerprint density at radius 3 is 2.68 bits per heavy atom. The van der Waals surface area contributed by atoms with Crippen molar-refractivity contribution < 1.29 is 9.53 Å². The second kappa shape index (κ2) is 7.66. The number of amides is 1. The summed E-state index contributed by atoms with van der Waals surface area (Å²) in [5.41, 5.74) is 5.09. The number of anilines is 1. The van der Waals surface area contributed by atoms with Gasteiger partial charge in [0.25, 0.3) is 0 Å². The number of benzene rings is 1. The minimum absolute atomic E-state index is 0.0138. The highest BCUT2D eigenvalue weighted by Crippen LogP contribution is 2.44. The number of carbonyl (C=O) groups excluding carboxylic acids is 1. The predicted octanol–water partition coefficient (Wildman–Crippen LogP) is 3.67. The summed E-state index contributed by atoms with van der Waals surface area (Å²) in [6.07, 6.45) is 6.91. The second-order valence-electron chi connectivity index (χ2n) is 9.13. The van der Waals surface area contributed by atoms with Gasteiger partial charge in [0.05, 0.1) is 17.1 Å². The summed E-state index contributed by atoms with van der Waals surface area (Å²) in [7, 11) is 0. The number of aryl methyl sites for hydroxylation is 2. The number of rotatable bonds is 5. The predicted molar refractivity (Wildman–Crippen MR) is 127 cm³/mol. The lowest BCUT2D eigenvalue weighted by Gasteiger charge is -2.33. The molecule has 2 aliphatic rings. The van der Waals surface area contributed by atoms with Gasteiger partial charge in [-0.15, -0.1) is 0 Å². The van der Waals surface area contributed by atoms with Crippen LogP contribution in [0.2, 0.25) is 0 Å². The monoisotopic (exact) mass is 455 g/mol. The van der Waals surface area contributed by atoms with E-state index in [-0.39, 0.29) is 12.0 Å². The van der Waals surface area contributed by atoms with E-state index < -0.39 is 5.41 Å². The number of hydrogen-bond donors (Lipinski definition) is 1. The smallest absolute Gasteiger partial charge is 0.234 e. The molecule has 0 spiro atoms. The number of fused-ring (bicyclic) bond motifs is 2. The Balaban J connectivity index is 1.48. The molecular formula is C25H25N7O2. The van der Waals surface area contributed by atoms with Crippen LogP contribution in [0.3, 0.4) is 0 Å². The van der Waals surface area contributed by atoms with E-state index in [2.05, 4.69) is 38.2 Å². The quantitative estimate of drug-likeness (QED) is 0.489. The lowest BCUT2D eigenvalue weighted by Crippen LogP contribution is -2.39. The number of ether oxygens (including phenoxy) is 1. The highest BCUT2D eigenvalue weighted by Gasteiger charge is 2.45. The maximum absolute atomic E-state index is 12.9. The SMILES string of the molecule is CCn1c(-c2cnc(C)nc2)nc2c(-c3ccc4c(c3)[C@](C)(C[C@H]3CCO3)C(=O)N4)ncnc21. The first kappa shape index (κ1) is 20.9. The highest BCUT2D eigenvalue weighted by molar-refractivity contribution is 6.06. The Bertz CT molecular complexity index is 1430. The molecule has 1 N–H and O–H groups in total. The molecule has 1 aromatic carbocycles. The number of carbonyl (C=O) groups is 1. The Kier molecular flexibility index (Phi) is 4.70. The third-order valence-electron chi connectivity index (χ3n) is 6.95. The Morgan fingerprint density at radius 2 is 1.97 bits per heavy atom. The van der Waals surface area contributed by atoms with Crippen LogP contribution >= 0.6 is 0 Å². The van der Waals surface area contributed by atoms with Crippen LogP contribution in [0.25, 0.3) is 33.8 Å². The molecule has 0 aliphatic carbocycles. The molecule has 0 unspecified atom stereocenters. The van der Waals surface area contributed by atoms with Crippen molar-refractivity contribution in [1.82, 2.24) is 29.5 Å². The van der Waals surface area contributed by atoms with Crippen molar-refractivity contribution in [2.24, 2.45) is 0 Å². The van der Waals surface area contributed by atoms with Gasteiger partial charge in [0.1, 0.15) is 29.2 Å². The molecule has 0 bridgehead atoms. The van der Waals surface area contributed by atoms with E-state index in [9.17, 15) is 4.79 Å². The summed E-state index contributed by atoms with van der Waals surface area (Å²) in [5, 5.41) is 3.04. The Hall–Kier alpha value is -3.72. The number of nitrogens with zero attached hydrogens (tertiary/aromatic N) is 6. The van der Waals surface area contributed by atoms with Gasteiger partial charge in [-0.1, -0.05) is 6.07 Å². The topological polar surface area (TPSA) is 108 Å². The first-order valence-corrected chi connectivity index (χ1v) is 11.6. The summed E-state index contributed by atoms with van der Waals surface area (Å²) in [6.45, 7) is 7.37. The molecule has 1 fully saturated rings. The van der Waals surface area contributed by atoms with Gasteiger partial charge in [-0.2, -0.15) is 0 Å². The number of hydrogen-bond acceptors (Lipinski definition) is 7. The first-order chi connectivity index (χ1) is 16.5. The molecular weight excluding hydrogens is 430 g/mol. The molecule has 3 aromatic heterocycles. The molecule has 9 heteroatoms. The largest absolute Gasteiger partial charge is 0.378 e. The van der Waals surface area contributed by atoms with Crippen LogP contribution in [0.1, 0.15) is 38.1 Å². The van der Waals surface area contributed by atoms with Crippen LogP contribution in [0.5, 0.6) is 0 Å². The summed E-state index contributed by atoms with van der Waals surface area (Å²) in [5.74, 6) is 1.48. The first-order valence-electron chi connectivity index (χ1n) is 11.6. The van der Waals surface area contributed by atoms with Gasteiger partial charge in [0.15, 0.2) is 5.65 Å². The molecule has 9 nitrogen and oxygen atoms in total. The zero-order chi connectivity index (χ0) is 23.4. The third kappa shape index (κ3) is 3.11. The fraction of sp³-hybridized carbons (Fsp3) is 0.360.